The molecule has 1 amide bonds. The van der Waals surface area contributed by atoms with E-state index >= 15 is 0 Å². The van der Waals surface area contributed by atoms with Gasteiger partial charge in [0, 0.05) is 38.4 Å². The van der Waals surface area contributed by atoms with E-state index in [1.807, 2.05) is 44.2 Å². The molecule has 28 heavy (non-hydrogen) atoms. The predicted molar refractivity (Wildman–Crippen MR) is 109 cm³/mol. The molecule has 1 aliphatic rings. The number of carbonyl (C=O) groups excluding carboxylic acids is 1. The van der Waals surface area contributed by atoms with Gasteiger partial charge in [0.2, 0.25) is 5.91 Å². The zero-order valence-corrected chi connectivity index (χ0v) is 16.7. The number of nitrogens with one attached hydrogen (secondary N) is 1. The third-order valence-electron chi connectivity index (χ3n) is 5.36. The molecule has 1 saturated heterocycles. The van der Waals surface area contributed by atoms with E-state index in [9.17, 15) is 9.18 Å². The number of benzene rings is 2. The molecule has 0 spiro atoms. The van der Waals surface area contributed by atoms with E-state index in [0.717, 1.165) is 43.0 Å². The number of para-hydroxylation sites is 1. The maximum Gasteiger partial charge on any atom is 0.241 e. The lowest BCUT2D eigenvalue weighted by Crippen LogP contribution is -2.52. The molecule has 1 atom stereocenters. The topological polar surface area (TPSA) is 44.8 Å². The number of methoxy groups -OCH3 is 1. The highest BCUT2D eigenvalue weighted by atomic mass is 19.1. The number of rotatable bonds is 6. The summed E-state index contributed by atoms with van der Waals surface area (Å²) in [5.74, 6) is -0.0535. The monoisotopic (exact) mass is 385 g/mol. The molecule has 0 aliphatic carbocycles. The Morgan fingerprint density at radius 3 is 2.54 bits per heavy atom. The maximum atomic E-state index is 13.9. The summed E-state index contributed by atoms with van der Waals surface area (Å²) < 4.78 is 18.8. The van der Waals surface area contributed by atoms with Crippen molar-refractivity contribution in [2.45, 2.75) is 26.4 Å². The number of amides is 1. The maximum absolute atomic E-state index is 13.9. The van der Waals surface area contributed by atoms with Gasteiger partial charge >= 0.3 is 0 Å². The number of carbonyl (C=O) groups is 1. The van der Waals surface area contributed by atoms with Crippen LogP contribution in [-0.2, 0) is 11.3 Å². The molecule has 150 valence electrons. The number of anilines is 1. The Morgan fingerprint density at radius 1 is 1.18 bits per heavy atom. The van der Waals surface area contributed by atoms with Crippen LogP contribution < -0.4 is 10.1 Å². The third kappa shape index (κ3) is 4.88. The summed E-state index contributed by atoms with van der Waals surface area (Å²) in [6.45, 7) is 7.93. The summed E-state index contributed by atoms with van der Waals surface area (Å²) in [6.07, 6.45) is 0. The van der Waals surface area contributed by atoms with Crippen molar-refractivity contribution in [2.24, 2.45) is 0 Å². The van der Waals surface area contributed by atoms with Crippen molar-refractivity contribution in [3.63, 3.8) is 0 Å². The van der Waals surface area contributed by atoms with Crippen molar-refractivity contribution in [3.8, 4) is 5.75 Å². The second kappa shape index (κ2) is 9.17. The van der Waals surface area contributed by atoms with Gasteiger partial charge in [-0.2, -0.15) is 0 Å². The average molecular weight is 385 g/mol. The van der Waals surface area contributed by atoms with E-state index in [2.05, 4.69) is 15.1 Å². The molecule has 3 rings (SSSR count). The number of hydrogen-bond acceptors (Lipinski definition) is 4. The first-order chi connectivity index (χ1) is 13.5. The zero-order chi connectivity index (χ0) is 20.1. The Hall–Kier alpha value is -2.44. The molecule has 1 N–H and O–H groups in total. The number of halogens is 1. The molecule has 1 aliphatic heterocycles. The van der Waals surface area contributed by atoms with Gasteiger partial charge in [-0.25, -0.2) is 4.39 Å². The van der Waals surface area contributed by atoms with E-state index in [4.69, 9.17) is 4.74 Å². The second-order valence-corrected chi connectivity index (χ2v) is 7.26. The van der Waals surface area contributed by atoms with Gasteiger partial charge < -0.3 is 10.1 Å². The zero-order valence-electron chi connectivity index (χ0n) is 16.7. The van der Waals surface area contributed by atoms with Gasteiger partial charge in [-0.05, 0) is 43.2 Å². The van der Waals surface area contributed by atoms with Crippen LogP contribution in [0.3, 0.4) is 0 Å². The first-order valence-electron chi connectivity index (χ1n) is 9.63. The normalized spacial score (nSPS) is 16.6. The molecule has 0 bridgehead atoms. The van der Waals surface area contributed by atoms with Gasteiger partial charge in [0.1, 0.15) is 0 Å². The molecule has 0 aromatic heterocycles. The fraction of sp³-hybridized carbons (Fsp3) is 0.409. The number of nitrogens with zero attached hydrogens (tertiary/aromatic N) is 2. The molecule has 2 aromatic rings. The molecular formula is C22H28FN3O2. The molecule has 1 fully saturated rings. The summed E-state index contributed by atoms with van der Waals surface area (Å²) in [5.41, 5.74) is 2.84. The lowest BCUT2D eigenvalue weighted by Gasteiger charge is -2.37. The molecule has 0 radical (unpaired) electrons. The predicted octanol–water partition coefficient (Wildman–Crippen LogP) is 3.29. The van der Waals surface area contributed by atoms with Crippen LogP contribution in [0.1, 0.15) is 18.1 Å². The van der Waals surface area contributed by atoms with Crippen molar-refractivity contribution >= 4 is 11.6 Å². The van der Waals surface area contributed by atoms with E-state index in [1.165, 1.54) is 13.2 Å². The minimum atomic E-state index is -0.333. The van der Waals surface area contributed by atoms with Crippen LogP contribution in [0, 0.1) is 12.7 Å². The number of aryl methyl sites for hydroxylation is 1. The first kappa shape index (κ1) is 20.3. The van der Waals surface area contributed by atoms with E-state index in [-0.39, 0.29) is 23.5 Å². The second-order valence-electron chi connectivity index (χ2n) is 7.26. The smallest absolute Gasteiger partial charge is 0.241 e. The van der Waals surface area contributed by atoms with Crippen molar-refractivity contribution in [2.75, 3.05) is 38.6 Å². The van der Waals surface area contributed by atoms with Gasteiger partial charge in [0.05, 0.1) is 13.2 Å². The molecule has 1 unspecified atom stereocenters. The number of ether oxygens (including phenoxy) is 1. The van der Waals surface area contributed by atoms with Gasteiger partial charge in [-0.15, -0.1) is 0 Å². The van der Waals surface area contributed by atoms with E-state index in [0.29, 0.717) is 6.54 Å². The van der Waals surface area contributed by atoms with Gasteiger partial charge in [0.25, 0.3) is 0 Å². The minimum absolute atomic E-state index is 0.0139. The molecule has 6 heteroatoms. The highest BCUT2D eigenvalue weighted by Crippen LogP contribution is 2.20. The van der Waals surface area contributed by atoms with Crippen molar-refractivity contribution in [1.29, 1.82) is 0 Å². The summed E-state index contributed by atoms with van der Waals surface area (Å²) in [4.78, 5) is 17.1. The van der Waals surface area contributed by atoms with Crippen LogP contribution in [0.25, 0.3) is 0 Å². The SMILES string of the molecule is COc1ccc(CN2CCN(C(C)C(=O)Nc3ccccc3C)CC2)cc1F. The largest absolute Gasteiger partial charge is 0.494 e. The van der Waals surface area contributed by atoms with Crippen LogP contribution >= 0.6 is 0 Å². The molecule has 5 nitrogen and oxygen atoms in total. The average Bonchev–Trinajstić information content (AvgIpc) is 2.70. The third-order valence-corrected chi connectivity index (χ3v) is 5.36. The quantitative estimate of drug-likeness (QED) is 0.829. The Labute approximate surface area is 166 Å². The highest BCUT2D eigenvalue weighted by Gasteiger charge is 2.26. The van der Waals surface area contributed by atoms with Crippen LogP contribution in [0.15, 0.2) is 42.5 Å². The van der Waals surface area contributed by atoms with E-state index < -0.39 is 0 Å². The lowest BCUT2D eigenvalue weighted by atomic mass is 10.1. The summed E-state index contributed by atoms with van der Waals surface area (Å²) in [7, 11) is 1.47. The van der Waals surface area contributed by atoms with Crippen molar-refractivity contribution in [3.05, 3.63) is 59.4 Å². The van der Waals surface area contributed by atoms with Crippen LogP contribution in [0.2, 0.25) is 0 Å². The minimum Gasteiger partial charge on any atom is -0.494 e. The highest BCUT2D eigenvalue weighted by molar-refractivity contribution is 5.95. The van der Waals surface area contributed by atoms with Crippen molar-refractivity contribution in [1.82, 2.24) is 9.80 Å². The Balaban J connectivity index is 1.51. The Morgan fingerprint density at radius 2 is 1.89 bits per heavy atom. The van der Waals surface area contributed by atoms with Crippen LogP contribution in [-0.4, -0.2) is 55.0 Å². The molecular weight excluding hydrogens is 357 g/mol. The lowest BCUT2D eigenvalue weighted by molar-refractivity contribution is -0.121. The molecule has 2 aromatic carbocycles. The molecule has 0 saturated carbocycles. The van der Waals surface area contributed by atoms with Crippen LogP contribution in [0.4, 0.5) is 10.1 Å². The Bertz CT molecular complexity index is 819. The number of hydrogen-bond donors (Lipinski definition) is 1. The summed E-state index contributed by atoms with van der Waals surface area (Å²) in [5, 5.41) is 3.03. The van der Waals surface area contributed by atoms with Crippen molar-refractivity contribution < 1.29 is 13.9 Å². The summed E-state index contributed by atoms with van der Waals surface area (Å²) >= 11 is 0. The fourth-order valence-corrected chi connectivity index (χ4v) is 3.49. The van der Waals surface area contributed by atoms with Gasteiger partial charge in [0.15, 0.2) is 11.6 Å². The van der Waals surface area contributed by atoms with E-state index in [1.54, 1.807) is 6.07 Å². The molecule has 1 heterocycles. The Kier molecular flexibility index (Phi) is 6.65. The fourth-order valence-electron chi connectivity index (χ4n) is 3.49. The van der Waals surface area contributed by atoms with Crippen LogP contribution in [0.5, 0.6) is 5.75 Å². The summed E-state index contributed by atoms with van der Waals surface area (Å²) in [6, 6.07) is 12.7. The standard InChI is InChI=1S/C22H28FN3O2/c1-16-6-4-5-7-20(16)24-22(27)17(2)26-12-10-25(11-13-26)15-18-8-9-21(28-3)19(23)14-18/h4-9,14,17H,10-13,15H2,1-3H3,(H,24,27). The first-order valence-corrected chi connectivity index (χ1v) is 9.63. The van der Waals surface area contributed by atoms with Gasteiger partial charge in [-0.1, -0.05) is 24.3 Å². The number of piperazine rings is 1. The van der Waals surface area contributed by atoms with Gasteiger partial charge in [-0.3, -0.25) is 14.6 Å².